The molecule has 0 aromatic heterocycles. The van der Waals surface area contributed by atoms with Gasteiger partial charge >= 0.3 is 5.97 Å². The van der Waals surface area contributed by atoms with Gasteiger partial charge in [0.2, 0.25) is 5.91 Å². The van der Waals surface area contributed by atoms with Crippen molar-refractivity contribution < 1.29 is 18.7 Å². The Morgan fingerprint density at radius 1 is 1.15 bits per heavy atom. The average molecular weight is 356 g/mol. The van der Waals surface area contributed by atoms with Crippen molar-refractivity contribution in [1.29, 1.82) is 0 Å². The highest BCUT2D eigenvalue weighted by molar-refractivity contribution is 5.81. The second-order valence-corrected chi connectivity index (χ2v) is 6.32. The minimum absolute atomic E-state index is 0.0926. The Balaban J connectivity index is 1.64. The molecule has 5 nitrogen and oxygen atoms in total. The fourth-order valence-corrected chi connectivity index (χ4v) is 3.16. The largest absolute Gasteiger partial charge is 0.468 e. The van der Waals surface area contributed by atoms with Crippen molar-refractivity contribution in [2.75, 3.05) is 13.7 Å². The zero-order chi connectivity index (χ0) is 18.5. The molecule has 136 valence electrons. The van der Waals surface area contributed by atoms with Gasteiger partial charge < -0.3 is 10.1 Å². The van der Waals surface area contributed by atoms with E-state index >= 15 is 0 Å². The van der Waals surface area contributed by atoms with E-state index in [1.165, 1.54) is 19.2 Å². The Morgan fingerprint density at radius 2 is 1.85 bits per heavy atom. The van der Waals surface area contributed by atoms with Gasteiger partial charge in [-0.2, -0.15) is 0 Å². The Morgan fingerprint density at radius 3 is 2.54 bits per heavy atom. The molecule has 2 aromatic rings. The molecule has 1 amide bonds. The Hall–Kier alpha value is -2.73. The van der Waals surface area contributed by atoms with Crippen LogP contribution in [0, 0.1) is 5.82 Å². The maximum absolute atomic E-state index is 12.9. The third-order valence-electron chi connectivity index (χ3n) is 4.57. The molecule has 2 aromatic carbocycles. The monoisotopic (exact) mass is 356 g/mol. The minimum atomic E-state index is -0.480. The van der Waals surface area contributed by atoms with Crippen LogP contribution in [0.15, 0.2) is 48.5 Å². The minimum Gasteiger partial charge on any atom is -0.468 e. The summed E-state index contributed by atoms with van der Waals surface area (Å²) in [6.45, 7) is 0.918. The molecule has 0 fully saturated rings. The molecule has 1 aliphatic rings. The normalized spacial score (nSPS) is 16.6. The number of benzene rings is 2. The molecular formula is C20H21FN2O3. The summed E-state index contributed by atoms with van der Waals surface area (Å²) in [5.74, 6) is -0.846. The maximum atomic E-state index is 12.9. The Kier molecular flexibility index (Phi) is 5.63. The van der Waals surface area contributed by atoms with Gasteiger partial charge in [0.05, 0.1) is 13.7 Å². The van der Waals surface area contributed by atoms with E-state index in [2.05, 4.69) is 5.32 Å². The summed E-state index contributed by atoms with van der Waals surface area (Å²) < 4.78 is 17.8. The van der Waals surface area contributed by atoms with Gasteiger partial charge in [-0.15, -0.1) is 0 Å². The van der Waals surface area contributed by atoms with Crippen LogP contribution in [0.5, 0.6) is 0 Å². The first-order valence-corrected chi connectivity index (χ1v) is 8.46. The van der Waals surface area contributed by atoms with E-state index in [1.54, 1.807) is 12.1 Å². The van der Waals surface area contributed by atoms with Crippen LogP contribution in [-0.2, 0) is 33.8 Å². The number of hydrogen-bond donors (Lipinski definition) is 1. The lowest BCUT2D eigenvalue weighted by atomic mass is 9.94. The van der Waals surface area contributed by atoms with E-state index in [0.29, 0.717) is 19.5 Å². The number of carbonyl (C=O) groups excluding carboxylic acids is 2. The van der Waals surface area contributed by atoms with E-state index in [9.17, 15) is 14.0 Å². The molecule has 0 saturated carbocycles. The van der Waals surface area contributed by atoms with Gasteiger partial charge in [-0.3, -0.25) is 14.5 Å². The van der Waals surface area contributed by atoms with Crippen molar-refractivity contribution in [3.8, 4) is 0 Å². The van der Waals surface area contributed by atoms with Crippen LogP contribution in [0.4, 0.5) is 4.39 Å². The number of esters is 1. The summed E-state index contributed by atoms with van der Waals surface area (Å²) in [5, 5.41) is 2.81. The summed E-state index contributed by atoms with van der Waals surface area (Å²) in [5.41, 5.74) is 3.03. The highest BCUT2D eigenvalue weighted by atomic mass is 19.1. The van der Waals surface area contributed by atoms with Gasteiger partial charge in [0.1, 0.15) is 11.9 Å². The van der Waals surface area contributed by atoms with E-state index < -0.39 is 6.04 Å². The fourth-order valence-electron chi connectivity index (χ4n) is 3.16. The van der Waals surface area contributed by atoms with E-state index in [0.717, 1.165) is 16.7 Å². The van der Waals surface area contributed by atoms with Gasteiger partial charge in [-0.25, -0.2) is 4.39 Å². The van der Waals surface area contributed by atoms with Gasteiger partial charge in [0.25, 0.3) is 0 Å². The summed E-state index contributed by atoms with van der Waals surface area (Å²) >= 11 is 0. The lowest BCUT2D eigenvalue weighted by molar-refractivity contribution is -0.148. The van der Waals surface area contributed by atoms with Gasteiger partial charge in [0, 0.05) is 13.1 Å². The third kappa shape index (κ3) is 4.26. The lowest BCUT2D eigenvalue weighted by Crippen LogP contribution is -2.49. The number of amides is 1. The number of nitrogens with zero attached hydrogens (tertiary/aromatic N) is 1. The molecule has 1 N–H and O–H groups in total. The number of ether oxygens (including phenoxy) is 1. The summed E-state index contributed by atoms with van der Waals surface area (Å²) in [7, 11) is 1.36. The number of carbonyl (C=O) groups is 2. The van der Waals surface area contributed by atoms with Crippen molar-refractivity contribution in [3.05, 3.63) is 71.0 Å². The van der Waals surface area contributed by atoms with Gasteiger partial charge in [-0.05, 0) is 35.2 Å². The summed E-state index contributed by atoms with van der Waals surface area (Å²) in [6, 6.07) is 13.4. The fraction of sp³-hybridized carbons (Fsp3) is 0.300. The first-order valence-electron chi connectivity index (χ1n) is 8.46. The molecule has 1 aliphatic heterocycles. The molecule has 26 heavy (non-hydrogen) atoms. The van der Waals surface area contributed by atoms with Crippen LogP contribution in [0.25, 0.3) is 0 Å². The maximum Gasteiger partial charge on any atom is 0.323 e. The quantitative estimate of drug-likeness (QED) is 0.833. The highest BCUT2D eigenvalue weighted by Gasteiger charge is 2.33. The summed E-state index contributed by atoms with van der Waals surface area (Å²) in [6.07, 6.45) is 0.522. The van der Waals surface area contributed by atoms with Gasteiger partial charge in [-0.1, -0.05) is 36.4 Å². The predicted octanol–water partition coefficient (Wildman–Crippen LogP) is 2.04. The molecule has 0 aliphatic carbocycles. The number of halogens is 1. The first kappa shape index (κ1) is 18.1. The van der Waals surface area contributed by atoms with Crippen LogP contribution < -0.4 is 5.32 Å². The highest BCUT2D eigenvalue weighted by Crippen LogP contribution is 2.23. The Labute approximate surface area is 151 Å². The van der Waals surface area contributed by atoms with E-state index in [4.69, 9.17) is 4.74 Å². The zero-order valence-electron chi connectivity index (χ0n) is 14.6. The molecule has 1 heterocycles. The van der Waals surface area contributed by atoms with E-state index in [1.807, 2.05) is 29.2 Å². The predicted molar refractivity (Wildman–Crippen MR) is 94.6 cm³/mol. The molecule has 1 atom stereocenters. The van der Waals surface area contributed by atoms with Crippen molar-refractivity contribution in [3.63, 3.8) is 0 Å². The van der Waals surface area contributed by atoms with Crippen LogP contribution in [0.1, 0.15) is 16.7 Å². The lowest BCUT2D eigenvalue weighted by Gasteiger charge is -2.34. The smallest absolute Gasteiger partial charge is 0.323 e. The molecule has 0 radical (unpaired) electrons. The Bertz CT molecular complexity index is 792. The SMILES string of the molecule is COC(=O)[C@@H]1Cc2ccccc2CN1CC(=O)NCc1ccc(F)cc1. The topological polar surface area (TPSA) is 58.6 Å². The van der Waals surface area contributed by atoms with Crippen LogP contribution >= 0.6 is 0 Å². The number of nitrogens with one attached hydrogen (secondary N) is 1. The second-order valence-electron chi connectivity index (χ2n) is 6.32. The standard InChI is InChI=1S/C20H21FN2O3/c1-26-20(25)18-10-15-4-2-3-5-16(15)12-23(18)13-19(24)22-11-14-6-8-17(21)9-7-14/h2-9,18H,10-13H2,1H3,(H,22,24)/t18-/m0/s1. The zero-order valence-corrected chi connectivity index (χ0v) is 14.6. The van der Waals surface area contributed by atoms with Crippen LogP contribution in [-0.4, -0.2) is 36.5 Å². The average Bonchev–Trinajstić information content (AvgIpc) is 2.66. The number of rotatable bonds is 5. The number of hydrogen-bond acceptors (Lipinski definition) is 4. The van der Waals surface area contributed by atoms with Crippen molar-refractivity contribution in [2.45, 2.75) is 25.6 Å². The molecule has 3 rings (SSSR count). The molecule has 0 saturated heterocycles. The number of fused-ring (bicyclic) bond motifs is 1. The number of methoxy groups -OCH3 is 1. The molecular weight excluding hydrogens is 335 g/mol. The van der Waals surface area contributed by atoms with Crippen molar-refractivity contribution in [1.82, 2.24) is 10.2 Å². The summed E-state index contributed by atoms with van der Waals surface area (Å²) in [4.78, 5) is 26.3. The third-order valence-corrected chi connectivity index (χ3v) is 4.57. The first-order chi connectivity index (χ1) is 12.6. The molecule has 0 unspecified atom stereocenters. The van der Waals surface area contributed by atoms with Crippen LogP contribution in [0.3, 0.4) is 0 Å². The molecule has 0 spiro atoms. The van der Waals surface area contributed by atoms with Crippen LogP contribution in [0.2, 0.25) is 0 Å². The van der Waals surface area contributed by atoms with Crippen molar-refractivity contribution >= 4 is 11.9 Å². The van der Waals surface area contributed by atoms with E-state index in [-0.39, 0.29) is 24.2 Å². The van der Waals surface area contributed by atoms with Crippen molar-refractivity contribution in [2.24, 2.45) is 0 Å². The molecule has 0 bridgehead atoms. The molecule has 6 heteroatoms. The second kappa shape index (κ2) is 8.10. The van der Waals surface area contributed by atoms with Gasteiger partial charge in [0.15, 0.2) is 0 Å².